The van der Waals surface area contributed by atoms with E-state index in [0.717, 1.165) is 30.2 Å². The highest BCUT2D eigenvalue weighted by atomic mass is 32.2. The van der Waals surface area contributed by atoms with Crippen molar-refractivity contribution in [3.8, 4) is 5.75 Å². The van der Waals surface area contributed by atoms with Crippen LogP contribution < -0.4 is 4.74 Å². The fraction of sp³-hybridized carbons (Fsp3) is 0.368. The summed E-state index contributed by atoms with van der Waals surface area (Å²) in [5.41, 5.74) is 3.33. The van der Waals surface area contributed by atoms with Gasteiger partial charge in [-0.25, -0.2) is 0 Å². The number of nitrogens with zero attached hydrogens (tertiary/aromatic N) is 1. The SMILES string of the molecule is COc1ccc(CN(C)CCSc2ccc(C)cc2)cc1CO. The number of aliphatic hydroxyl groups is 1. The average molecular weight is 331 g/mol. The van der Waals surface area contributed by atoms with E-state index in [-0.39, 0.29) is 6.61 Å². The quantitative estimate of drug-likeness (QED) is 0.747. The number of ether oxygens (including phenoxy) is 1. The van der Waals surface area contributed by atoms with E-state index in [9.17, 15) is 5.11 Å². The van der Waals surface area contributed by atoms with Crippen LogP contribution in [0.5, 0.6) is 5.75 Å². The molecule has 0 radical (unpaired) electrons. The van der Waals surface area contributed by atoms with Crippen LogP contribution in [0, 0.1) is 6.92 Å². The highest BCUT2D eigenvalue weighted by molar-refractivity contribution is 7.99. The van der Waals surface area contributed by atoms with E-state index in [1.54, 1.807) is 7.11 Å². The van der Waals surface area contributed by atoms with Gasteiger partial charge in [-0.1, -0.05) is 23.8 Å². The van der Waals surface area contributed by atoms with Crippen molar-refractivity contribution in [1.29, 1.82) is 0 Å². The lowest BCUT2D eigenvalue weighted by molar-refractivity contribution is 0.273. The van der Waals surface area contributed by atoms with Gasteiger partial charge >= 0.3 is 0 Å². The Morgan fingerprint density at radius 1 is 1.13 bits per heavy atom. The molecule has 0 fully saturated rings. The molecule has 0 spiro atoms. The number of benzene rings is 2. The van der Waals surface area contributed by atoms with Crippen LogP contribution in [-0.2, 0) is 13.2 Å². The van der Waals surface area contributed by atoms with Crippen LogP contribution in [0.4, 0.5) is 0 Å². The summed E-state index contributed by atoms with van der Waals surface area (Å²) in [6, 6.07) is 14.7. The van der Waals surface area contributed by atoms with Crippen LogP contribution in [0.25, 0.3) is 0 Å². The molecule has 0 aliphatic heterocycles. The second-order valence-corrected chi connectivity index (χ2v) is 6.87. The third kappa shape index (κ3) is 5.57. The minimum Gasteiger partial charge on any atom is -0.496 e. The summed E-state index contributed by atoms with van der Waals surface area (Å²) in [4.78, 5) is 3.61. The van der Waals surface area contributed by atoms with Gasteiger partial charge in [0.1, 0.15) is 5.75 Å². The Bertz CT molecular complexity index is 613. The predicted octanol–water partition coefficient (Wildman–Crippen LogP) is 3.72. The summed E-state index contributed by atoms with van der Waals surface area (Å²) >= 11 is 1.88. The fourth-order valence-electron chi connectivity index (χ4n) is 2.40. The van der Waals surface area contributed by atoms with E-state index >= 15 is 0 Å². The van der Waals surface area contributed by atoms with Gasteiger partial charge < -0.3 is 14.7 Å². The maximum atomic E-state index is 9.40. The molecule has 2 rings (SSSR count). The number of methoxy groups -OCH3 is 1. The number of aliphatic hydroxyl groups excluding tert-OH is 1. The van der Waals surface area contributed by atoms with Gasteiger partial charge in [-0.3, -0.25) is 0 Å². The van der Waals surface area contributed by atoms with E-state index in [1.807, 2.05) is 23.9 Å². The first-order chi connectivity index (χ1) is 11.1. The van der Waals surface area contributed by atoms with Crippen molar-refractivity contribution in [2.24, 2.45) is 0 Å². The minimum atomic E-state index is 0.00397. The number of thioether (sulfide) groups is 1. The molecule has 0 amide bonds. The molecular formula is C19H25NO2S. The Labute approximate surface area is 143 Å². The molecule has 3 nitrogen and oxygen atoms in total. The molecule has 0 heterocycles. The first-order valence-corrected chi connectivity index (χ1v) is 8.75. The van der Waals surface area contributed by atoms with Crippen molar-refractivity contribution in [3.63, 3.8) is 0 Å². The van der Waals surface area contributed by atoms with Crippen LogP contribution in [0.2, 0.25) is 0 Å². The summed E-state index contributed by atoms with van der Waals surface area (Å²) in [6.07, 6.45) is 0. The van der Waals surface area contributed by atoms with Gasteiger partial charge in [-0.2, -0.15) is 0 Å². The van der Waals surface area contributed by atoms with E-state index in [1.165, 1.54) is 16.0 Å². The number of rotatable bonds is 8. The van der Waals surface area contributed by atoms with Crippen molar-refractivity contribution < 1.29 is 9.84 Å². The molecule has 0 saturated carbocycles. The molecule has 0 aromatic heterocycles. The Morgan fingerprint density at radius 3 is 2.52 bits per heavy atom. The average Bonchev–Trinajstić information content (AvgIpc) is 2.56. The summed E-state index contributed by atoms with van der Waals surface area (Å²) in [5.74, 6) is 1.80. The third-order valence-corrected chi connectivity index (χ3v) is 4.72. The lowest BCUT2D eigenvalue weighted by Crippen LogP contribution is -2.20. The summed E-state index contributed by atoms with van der Waals surface area (Å²) in [7, 11) is 3.75. The number of hydrogen-bond donors (Lipinski definition) is 1. The monoisotopic (exact) mass is 331 g/mol. The van der Waals surface area contributed by atoms with E-state index in [0.29, 0.717) is 0 Å². The highest BCUT2D eigenvalue weighted by Gasteiger charge is 2.06. The summed E-state index contributed by atoms with van der Waals surface area (Å²) in [5, 5.41) is 9.40. The molecular weight excluding hydrogens is 306 g/mol. The molecule has 0 atom stereocenters. The second-order valence-electron chi connectivity index (χ2n) is 5.70. The maximum absolute atomic E-state index is 9.40. The van der Waals surface area contributed by atoms with Gasteiger partial charge in [-0.15, -0.1) is 11.8 Å². The Kier molecular flexibility index (Phi) is 6.96. The standard InChI is InChI=1S/C19H25NO2S/c1-15-4-7-18(8-5-15)23-11-10-20(2)13-16-6-9-19(22-3)17(12-16)14-21/h4-9,12,21H,10-11,13-14H2,1-3H3. The largest absolute Gasteiger partial charge is 0.496 e. The molecule has 2 aromatic rings. The molecule has 0 saturated heterocycles. The second kappa shape index (κ2) is 8.96. The van der Waals surface area contributed by atoms with Crippen molar-refractivity contribution >= 4 is 11.8 Å². The van der Waals surface area contributed by atoms with Crippen molar-refractivity contribution in [2.45, 2.75) is 25.0 Å². The summed E-state index contributed by atoms with van der Waals surface area (Å²) < 4.78 is 5.24. The van der Waals surface area contributed by atoms with Crippen LogP contribution in [0.15, 0.2) is 47.4 Å². The van der Waals surface area contributed by atoms with Crippen molar-refractivity contribution in [1.82, 2.24) is 4.90 Å². The van der Waals surface area contributed by atoms with Gasteiger partial charge in [0.15, 0.2) is 0 Å². The van der Waals surface area contributed by atoms with Crippen molar-refractivity contribution in [3.05, 3.63) is 59.2 Å². The van der Waals surface area contributed by atoms with E-state index in [4.69, 9.17) is 4.74 Å². The molecule has 4 heteroatoms. The molecule has 124 valence electrons. The fourth-order valence-corrected chi connectivity index (χ4v) is 3.37. The number of hydrogen-bond acceptors (Lipinski definition) is 4. The third-order valence-electron chi connectivity index (χ3n) is 3.73. The van der Waals surface area contributed by atoms with Crippen LogP contribution in [-0.4, -0.2) is 36.5 Å². The van der Waals surface area contributed by atoms with Gasteiger partial charge in [0, 0.05) is 29.3 Å². The molecule has 0 aliphatic carbocycles. The molecule has 1 N–H and O–H groups in total. The Morgan fingerprint density at radius 2 is 1.87 bits per heavy atom. The zero-order valence-electron chi connectivity index (χ0n) is 14.1. The molecule has 0 aliphatic rings. The minimum absolute atomic E-state index is 0.00397. The summed E-state index contributed by atoms with van der Waals surface area (Å²) in [6.45, 7) is 3.99. The van der Waals surface area contributed by atoms with Gasteiger partial charge in [0.25, 0.3) is 0 Å². The Balaban J connectivity index is 1.82. The lowest BCUT2D eigenvalue weighted by atomic mass is 10.1. The maximum Gasteiger partial charge on any atom is 0.124 e. The van der Waals surface area contributed by atoms with E-state index < -0.39 is 0 Å². The van der Waals surface area contributed by atoms with Gasteiger partial charge in [0.2, 0.25) is 0 Å². The first-order valence-electron chi connectivity index (χ1n) is 7.77. The van der Waals surface area contributed by atoms with Crippen LogP contribution >= 0.6 is 11.8 Å². The Hall–Kier alpha value is -1.49. The lowest BCUT2D eigenvalue weighted by Gasteiger charge is -2.17. The molecule has 23 heavy (non-hydrogen) atoms. The zero-order valence-corrected chi connectivity index (χ0v) is 14.9. The normalized spacial score (nSPS) is 11.0. The topological polar surface area (TPSA) is 32.7 Å². The first kappa shape index (κ1) is 17.9. The number of aryl methyl sites for hydroxylation is 1. The van der Waals surface area contributed by atoms with Crippen LogP contribution in [0.3, 0.4) is 0 Å². The smallest absolute Gasteiger partial charge is 0.124 e. The van der Waals surface area contributed by atoms with Crippen LogP contribution in [0.1, 0.15) is 16.7 Å². The molecule has 0 bridgehead atoms. The van der Waals surface area contributed by atoms with Crippen molar-refractivity contribution in [2.75, 3.05) is 26.5 Å². The van der Waals surface area contributed by atoms with Gasteiger partial charge in [0.05, 0.1) is 13.7 Å². The zero-order chi connectivity index (χ0) is 16.7. The molecule has 0 unspecified atom stereocenters. The van der Waals surface area contributed by atoms with E-state index in [2.05, 4.69) is 49.2 Å². The predicted molar refractivity (Wildman–Crippen MR) is 97.2 cm³/mol. The molecule has 2 aromatic carbocycles. The van der Waals surface area contributed by atoms with Gasteiger partial charge in [-0.05, 0) is 43.8 Å². The highest BCUT2D eigenvalue weighted by Crippen LogP contribution is 2.21.